The zero-order valence-electron chi connectivity index (χ0n) is 18.6. The molecule has 0 atom stereocenters. The summed E-state index contributed by atoms with van der Waals surface area (Å²) in [5.74, 6) is -0.885. The number of Topliss-reactive ketones (excluding diaryl/α,β-unsaturated/α-hetero) is 1. The van der Waals surface area contributed by atoms with Gasteiger partial charge >= 0.3 is 12.1 Å². The van der Waals surface area contributed by atoms with Gasteiger partial charge in [0.15, 0.2) is 0 Å². The van der Waals surface area contributed by atoms with Crippen molar-refractivity contribution >= 4 is 17.4 Å². The Hall–Kier alpha value is -3.65. The molecule has 0 saturated carbocycles. The number of anilines is 1. The van der Waals surface area contributed by atoms with Crippen LogP contribution in [0.3, 0.4) is 0 Å². The molecular formula is C26H25F3N2O3. The van der Waals surface area contributed by atoms with Crippen LogP contribution in [0.15, 0.2) is 66.7 Å². The highest BCUT2D eigenvalue weighted by atomic mass is 19.4. The molecule has 3 aromatic rings. The largest absolute Gasteiger partial charge is 0.478 e. The Balaban J connectivity index is 0.000000196. The average molecular weight is 470 g/mol. The fraction of sp³-hybridized carbons (Fsp3) is 0.231. The van der Waals surface area contributed by atoms with Crippen LogP contribution in [-0.4, -0.2) is 34.8 Å². The maximum Gasteiger partial charge on any atom is 0.416 e. The summed E-state index contributed by atoms with van der Waals surface area (Å²) in [6.45, 7) is 4.02. The molecule has 0 aliphatic carbocycles. The van der Waals surface area contributed by atoms with Crippen molar-refractivity contribution in [1.29, 1.82) is 0 Å². The minimum Gasteiger partial charge on any atom is -0.478 e. The van der Waals surface area contributed by atoms with Gasteiger partial charge in [-0.2, -0.15) is 13.2 Å². The Labute approximate surface area is 195 Å². The quantitative estimate of drug-likeness (QED) is 0.507. The van der Waals surface area contributed by atoms with E-state index in [9.17, 15) is 22.8 Å². The summed E-state index contributed by atoms with van der Waals surface area (Å²) < 4.78 is 37.3. The maximum atomic E-state index is 12.4. The normalized spacial score (nSPS) is 13.4. The van der Waals surface area contributed by atoms with Crippen molar-refractivity contribution in [2.45, 2.75) is 26.1 Å². The third-order valence-corrected chi connectivity index (χ3v) is 5.45. The van der Waals surface area contributed by atoms with E-state index in [-0.39, 0.29) is 11.3 Å². The third kappa shape index (κ3) is 6.45. The monoisotopic (exact) mass is 470 g/mol. The van der Waals surface area contributed by atoms with Gasteiger partial charge in [0.25, 0.3) is 0 Å². The van der Waals surface area contributed by atoms with Crippen molar-refractivity contribution in [2.75, 3.05) is 18.8 Å². The Bertz CT molecular complexity index is 1170. The van der Waals surface area contributed by atoms with E-state index in [2.05, 4.69) is 11.0 Å². The highest BCUT2D eigenvalue weighted by molar-refractivity contribution is 5.96. The number of hydrogen-bond acceptors (Lipinski definition) is 4. The minimum atomic E-state index is -4.40. The zero-order chi connectivity index (χ0) is 24.9. The average Bonchev–Trinajstić information content (AvgIpc) is 2.79. The molecule has 4 rings (SSSR count). The summed E-state index contributed by atoms with van der Waals surface area (Å²) in [5, 5.41) is 9.03. The molecule has 3 aromatic carbocycles. The molecule has 1 aliphatic rings. The number of alkyl halides is 3. The molecule has 1 heterocycles. The number of carboxylic acid groups (broad SMARTS) is 1. The van der Waals surface area contributed by atoms with Crippen molar-refractivity contribution in [1.82, 2.24) is 4.90 Å². The summed E-state index contributed by atoms with van der Waals surface area (Å²) in [7, 11) is 0. The molecule has 178 valence electrons. The standard InChI is InChI=1S/C14H9F3O2.C12H16N2O/c15-14(16,17)10-7-5-9(6-8-10)11-3-1-2-4-12(11)13(18)19;1-9(15)7-14-5-4-10-6-12(13)3-2-11(10)8-14/h1-8H,(H,18,19);2-3,6H,4-5,7-8,13H2,1H3. The number of nitrogens with two attached hydrogens (primary N) is 1. The van der Waals surface area contributed by atoms with Crippen molar-refractivity contribution in [3.63, 3.8) is 0 Å². The van der Waals surface area contributed by atoms with Gasteiger partial charge in [-0.1, -0.05) is 36.4 Å². The lowest BCUT2D eigenvalue weighted by molar-refractivity contribution is -0.137. The molecule has 0 saturated heterocycles. The summed E-state index contributed by atoms with van der Waals surface area (Å²) in [6.07, 6.45) is -3.40. The molecule has 0 fully saturated rings. The van der Waals surface area contributed by atoms with Gasteiger partial charge in [0.1, 0.15) is 5.78 Å². The molecule has 0 radical (unpaired) electrons. The van der Waals surface area contributed by atoms with E-state index < -0.39 is 17.7 Å². The molecular weight excluding hydrogens is 445 g/mol. The lowest BCUT2D eigenvalue weighted by Gasteiger charge is -2.27. The topological polar surface area (TPSA) is 83.6 Å². The number of carboxylic acids is 1. The number of nitrogen functional groups attached to an aromatic ring is 1. The predicted octanol–water partition coefficient (Wildman–Crippen LogP) is 5.29. The summed E-state index contributed by atoms with van der Waals surface area (Å²) in [6, 6.07) is 16.6. The highest BCUT2D eigenvalue weighted by Gasteiger charge is 2.30. The fourth-order valence-electron chi connectivity index (χ4n) is 3.84. The Morgan fingerprint density at radius 1 is 1.00 bits per heavy atom. The first-order valence-corrected chi connectivity index (χ1v) is 10.6. The van der Waals surface area contributed by atoms with E-state index in [1.165, 1.54) is 29.3 Å². The van der Waals surface area contributed by atoms with Crippen molar-refractivity contribution in [2.24, 2.45) is 0 Å². The fourth-order valence-corrected chi connectivity index (χ4v) is 3.84. The summed E-state index contributed by atoms with van der Waals surface area (Å²) >= 11 is 0. The van der Waals surface area contributed by atoms with Gasteiger partial charge in [0.2, 0.25) is 0 Å². The van der Waals surface area contributed by atoms with Crippen LogP contribution in [0.1, 0.15) is 34.0 Å². The third-order valence-electron chi connectivity index (χ3n) is 5.45. The van der Waals surface area contributed by atoms with Gasteiger partial charge in [0.05, 0.1) is 17.7 Å². The number of carbonyl (C=O) groups is 2. The van der Waals surface area contributed by atoms with Gasteiger partial charge in [-0.25, -0.2) is 4.79 Å². The van der Waals surface area contributed by atoms with E-state index in [1.807, 2.05) is 12.1 Å². The van der Waals surface area contributed by atoms with Crippen molar-refractivity contribution < 1.29 is 27.9 Å². The zero-order valence-corrected chi connectivity index (χ0v) is 18.6. The van der Waals surface area contributed by atoms with Crippen LogP contribution in [0.4, 0.5) is 18.9 Å². The molecule has 0 aromatic heterocycles. The number of aromatic carboxylic acids is 1. The molecule has 0 amide bonds. The smallest absolute Gasteiger partial charge is 0.416 e. The molecule has 34 heavy (non-hydrogen) atoms. The van der Waals surface area contributed by atoms with Crippen molar-refractivity contribution in [3.8, 4) is 11.1 Å². The lowest BCUT2D eigenvalue weighted by atomic mass is 9.99. The summed E-state index contributed by atoms with van der Waals surface area (Å²) in [4.78, 5) is 24.2. The second kappa shape index (κ2) is 10.5. The van der Waals surface area contributed by atoms with E-state index in [4.69, 9.17) is 10.8 Å². The maximum absolute atomic E-state index is 12.4. The number of nitrogens with zero attached hydrogens (tertiary/aromatic N) is 1. The minimum absolute atomic E-state index is 0.0576. The number of benzene rings is 3. The van der Waals surface area contributed by atoms with Gasteiger partial charge in [-0.05, 0) is 65.9 Å². The molecule has 1 aliphatic heterocycles. The van der Waals surface area contributed by atoms with Crippen LogP contribution in [0, 0.1) is 0 Å². The number of rotatable bonds is 4. The van der Waals surface area contributed by atoms with Crippen LogP contribution < -0.4 is 5.73 Å². The highest BCUT2D eigenvalue weighted by Crippen LogP contribution is 2.31. The van der Waals surface area contributed by atoms with Gasteiger partial charge in [-0.15, -0.1) is 0 Å². The molecule has 3 N–H and O–H groups in total. The molecule has 0 unspecified atom stereocenters. The number of carbonyl (C=O) groups excluding carboxylic acids is 1. The first-order valence-electron chi connectivity index (χ1n) is 10.6. The second-order valence-corrected chi connectivity index (χ2v) is 8.12. The molecule has 5 nitrogen and oxygen atoms in total. The predicted molar refractivity (Wildman–Crippen MR) is 124 cm³/mol. The van der Waals surface area contributed by atoms with E-state index in [1.54, 1.807) is 25.1 Å². The van der Waals surface area contributed by atoms with E-state index >= 15 is 0 Å². The Morgan fingerprint density at radius 2 is 1.68 bits per heavy atom. The summed E-state index contributed by atoms with van der Waals surface area (Å²) in [5.41, 5.74) is 9.31. The van der Waals surface area contributed by atoms with Crippen molar-refractivity contribution in [3.05, 3.63) is 89.0 Å². The Kier molecular flexibility index (Phi) is 7.73. The first-order chi connectivity index (χ1) is 16.0. The molecule has 8 heteroatoms. The van der Waals surface area contributed by atoms with Crippen LogP contribution >= 0.6 is 0 Å². The van der Waals surface area contributed by atoms with E-state index in [0.29, 0.717) is 17.7 Å². The molecule has 0 bridgehead atoms. The first kappa shape index (κ1) is 25.0. The van der Waals surface area contributed by atoms with Gasteiger partial charge in [-0.3, -0.25) is 9.69 Å². The van der Waals surface area contributed by atoms with Gasteiger partial charge in [0, 0.05) is 18.8 Å². The van der Waals surface area contributed by atoms with Crippen LogP contribution in [0.5, 0.6) is 0 Å². The van der Waals surface area contributed by atoms with Gasteiger partial charge < -0.3 is 10.8 Å². The number of ketones is 1. The molecule has 0 spiro atoms. The number of fused-ring (bicyclic) bond motifs is 1. The lowest BCUT2D eigenvalue weighted by Crippen LogP contribution is -2.34. The SMILES string of the molecule is CC(=O)CN1CCc2cc(N)ccc2C1.O=C(O)c1ccccc1-c1ccc(C(F)(F)F)cc1. The number of halogens is 3. The second-order valence-electron chi connectivity index (χ2n) is 8.12. The van der Waals surface area contributed by atoms with E-state index in [0.717, 1.165) is 37.3 Å². The Morgan fingerprint density at radius 3 is 2.29 bits per heavy atom. The van der Waals surface area contributed by atoms with Crippen LogP contribution in [0.25, 0.3) is 11.1 Å². The van der Waals surface area contributed by atoms with Crippen LogP contribution in [-0.2, 0) is 23.9 Å². The van der Waals surface area contributed by atoms with Crippen LogP contribution in [0.2, 0.25) is 0 Å². The number of hydrogen-bond donors (Lipinski definition) is 2.